The van der Waals surface area contributed by atoms with Crippen LogP contribution in [-0.4, -0.2) is 49.0 Å². The van der Waals surface area contributed by atoms with Gasteiger partial charge in [0.25, 0.3) is 0 Å². The summed E-state index contributed by atoms with van der Waals surface area (Å²) in [6, 6.07) is 0. The van der Waals surface area contributed by atoms with E-state index in [0.29, 0.717) is 18.6 Å². The fraction of sp³-hybridized carbons (Fsp3) is 1.00. The number of hydrogen-bond acceptors (Lipinski definition) is 3. The van der Waals surface area contributed by atoms with Gasteiger partial charge in [0.1, 0.15) is 0 Å². The highest BCUT2D eigenvalue weighted by Gasteiger charge is 2.27. The fourth-order valence-electron chi connectivity index (χ4n) is 1.81. The first-order chi connectivity index (χ1) is 5.88. The molecule has 0 bridgehead atoms. The largest absolute Gasteiger partial charge is 0.396 e. The molecule has 0 aromatic carbocycles. The fourth-order valence-corrected chi connectivity index (χ4v) is 1.81. The standard InChI is InChI=1S/C9H17NO2/c11-6-8-1-3-10(4-2-8)5-9-7-12-9/h8-9,11H,1-7H2. The number of aliphatic hydroxyl groups is 1. The third kappa shape index (κ3) is 2.19. The molecule has 70 valence electrons. The summed E-state index contributed by atoms with van der Waals surface area (Å²) in [7, 11) is 0. The number of rotatable bonds is 3. The zero-order valence-corrected chi connectivity index (χ0v) is 7.41. The lowest BCUT2D eigenvalue weighted by molar-refractivity contribution is 0.125. The van der Waals surface area contributed by atoms with Crippen LogP contribution in [0.4, 0.5) is 0 Å². The highest BCUT2D eigenvalue weighted by atomic mass is 16.6. The zero-order chi connectivity index (χ0) is 8.39. The maximum Gasteiger partial charge on any atom is 0.0936 e. The van der Waals surface area contributed by atoms with Crippen molar-refractivity contribution in [3.63, 3.8) is 0 Å². The van der Waals surface area contributed by atoms with E-state index < -0.39 is 0 Å². The number of nitrogens with zero attached hydrogens (tertiary/aromatic N) is 1. The van der Waals surface area contributed by atoms with Crippen LogP contribution in [0.25, 0.3) is 0 Å². The van der Waals surface area contributed by atoms with Crippen molar-refractivity contribution >= 4 is 0 Å². The second-order valence-corrected chi connectivity index (χ2v) is 3.88. The van der Waals surface area contributed by atoms with Crippen molar-refractivity contribution in [3.05, 3.63) is 0 Å². The lowest BCUT2D eigenvalue weighted by atomic mass is 9.98. The van der Waals surface area contributed by atoms with Crippen molar-refractivity contribution in [2.75, 3.05) is 32.8 Å². The molecule has 0 aromatic rings. The molecule has 2 aliphatic rings. The second kappa shape index (κ2) is 3.73. The molecular formula is C9H17NO2. The molecule has 0 amide bonds. The van der Waals surface area contributed by atoms with Gasteiger partial charge in [-0.1, -0.05) is 0 Å². The number of epoxide rings is 1. The molecule has 0 spiro atoms. The first-order valence-corrected chi connectivity index (χ1v) is 4.83. The molecule has 0 aromatic heterocycles. The number of ether oxygens (including phenoxy) is 1. The Morgan fingerprint density at radius 2 is 2.00 bits per heavy atom. The van der Waals surface area contributed by atoms with Gasteiger partial charge in [0.05, 0.1) is 12.7 Å². The van der Waals surface area contributed by atoms with Crippen LogP contribution in [0.15, 0.2) is 0 Å². The van der Waals surface area contributed by atoms with Gasteiger partial charge in [-0.25, -0.2) is 0 Å². The Kier molecular flexibility index (Phi) is 2.63. The van der Waals surface area contributed by atoms with Crippen LogP contribution in [0.2, 0.25) is 0 Å². The number of hydrogen-bond donors (Lipinski definition) is 1. The Bertz CT molecular complexity index is 139. The highest BCUT2D eigenvalue weighted by molar-refractivity contribution is 4.78. The topological polar surface area (TPSA) is 36.0 Å². The molecule has 3 nitrogen and oxygen atoms in total. The first kappa shape index (κ1) is 8.48. The van der Waals surface area contributed by atoms with E-state index in [1.165, 1.54) is 0 Å². The van der Waals surface area contributed by atoms with E-state index in [1.54, 1.807) is 0 Å². The van der Waals surface area contributed by atoms with Gasteiger partial charge in [-0.05, 0) is 31.8 Å². The first-order valence-electron chi connectivity index (χ1n) is 4.83. The van der Waals surface area contributed by atoms with E-state index >= 15 is 0 Å². The molecule has 0 radical (unpaired) electrons. The Hall–Kier alpha value is -0.120. The quantitative estimate of drug-likeness (QED) is 0.611. The van der Waals surface area contributed by atoms with E-state index in [4.69, 9.17) is 9.84 Å². The van der Waals surface area contributed by atoms with Crippen LogP contribution < -0.4 is 0 Å². The summed E-state index contributed by atoms with van der Waals surface area (Å²) in [5, 5.41) is 8.93. The van der Waals surface area contributed by atoms with Gasteiger partial charge in [-0.3, -0.25) is 0 Å². The SMILES string of the molecule is OCC1CCN(CC2CO2)CC1. The smallest absolute Gasteiger partial charge is 0.0936 e. The molecule has 12 heavy (non-hydrogen) atoms. The Morgan fingerprint density at radius 1 is 1.33 bits per heavy atom. The zero-order valence-electron chi connectivity index (χ0n) is 7.41. The Morgan fingerprint density at radius 3 is 2.50 bits per heavy atom. The summed E-state index contributed by atoms with van der Waals surface area (Å²) in [5.41, 5.74) is 0. The minimum Gasteiger partial charge on any atom is -0.396 e. The molecule has 0 aliphatic carbocycles. The summed E-state index contributed by atoms with van der Waals surface area (Å²) >= 11 is 0. The van der Waals surface area contributed by atoms with E-state index in [1.807, 2.05) is 0 Å². The highest BCUT2D eigenvalue weighted by Crippen LogP contribution is 2.19. The van der Waals surface area contributed by atoms with Crippen molar-refractivity contribution in [2.45, 2.75) is 18.9 Å². The van der Waals surface area contributed by atoms with E-state index in [9.17, 15) is 0 Å². The molecule has 2 saturated heterocycles. The van der Waals surface area contributed by atoms with E-state index in [-0.39, 0.29) is 0 Å². The van der Waals surface area contributed by atoms with Crippen molar-refractivity contribution in [1.29, 1.82) is 0 Å². The molecule has 0 saturated carbocycles. The average Bonchev–Trinajstić information content (AvgIpc) is 2.90. The van der Waals surface area contributed by atoms with Gasteiger partial charge < -0.3 is 14.7 Å². The summed E-state index contributed by atoms with van der Waals surface area (Å²) < 4.78 is 5.17. The van der Waals surface area contributed by atoms with Crippen molar-refractivity contribution in [1.82, 2.24) is 4.90 Å². The maximum absolute atomic E-state index is 8.93. The van der Waals surface area contributed by atoms with Crippen molar-refractivity contribution in [2.24, 2.45) is 5.92 Å². The second-order valence-electron chi connectivity index (χ2n) is 3.88. The van der Waals surface area contributed by atoms with Crippen LogP contribution >= 0.6 is 0 Å². The summed E-state index contributed by atoms with van der Waals surface area (Å²) in [4.78, 5) is 2.45. The van der Waals surface area contributed by atoms with Gasteiger partial charge in [0.15, 0.2) is 0 Å². The summed E-state index contributed by atoms with van der Waals surface area (Å²) in [5.74, 6) is 0.557. The Labute approximate surface area is 73.3 Å². The molecule has 3 heteroatoms. The van der Waals surface area contributed by atoms with Crippen molar-refractivity contribution in [3.8, 4) is 0 Å². The molecule has 2 fully saturated rings. The third-order valence-electron chi connectivity index (χ3n) is 2.83. The monoisotopic (exact) mass is 171 g/mol. The van der Waals surface area contributed by atoms with E-state index in [2.05, 4.69) is 4.90 Å². The van der Waals surface area contributed by atoms with Crippen LogP contribution in [-0.2, 0) is 4.74 Å². The molecule has 2 heterocycles. The predicted molar refractivity (Wildman–Crippen MR) is 46.0 cm³/mol. The minimum absolute atomic E-state index is 0.369. The van der Waals surface area contributed by atoms with Crippen LogP contribution in [0.1, 0.15) is 12.8 Å². The van der Waals surface area contributed by atoms with Crippen LogP contribution in [0.3, 0.4) is 0 Å². The van der Waals surface area contributed by atoms with Crippen LogP contribution in [0, 0.1) is 5.92 Å². The molecule has 1 atom stereocenters. The van der Waals surface area contributed by atoms with Gasteiger partial charge in [0, 0.05) is 13.2 Å². The molecular weight excluding hydrogens is 154 g/mol. The van der Waals surface area contributed by atoms with Gasteiger partial charge in [0.2, 0.25) is 0 Å². The van der Waals surface area contributed by atoms with E-state index in [0.717, 1.165) is 39.1 Å². The lowest BCUT2D eigenvalue weighted by Crippen LogP contribution is -2.37. The normalized spacial score (nSPS) is 32.2. The number of likely N-dealkylation sites (tertiary alicyclic amines) is 1. The minimum atomic E-state index is 0.369. The Balaban J connectivity index is 1.66. The molecule has 2 rings (SSSR count). The molecule has 1 N–H and O–H groups in total. The summed E-state index contributed by atoms with van der Waals surface area (Å²) in [6.45, 7) is 4.72. The predicted octanol–water partition coefficient (Wildman–Crippen LogP) is 0.0895. The number of aliphatic hydroxyl groups excluding tert-OH is 1. The molecule has 1 unspecified atom stereocenters. The van der Waals surface area contributed by atoms with Gasteiger partial charge >= 0.3 is 0 Å². The van der Waals surface area contributed by atoms with Crippen molar-refractivity contribution < 1.29 is 9.84 Å². The van der Waals surface area contributed by atoms with Gasteiger partial charge in [-0.2, -0.15) is 0 Å². The van der Waals surface area contributed by atoms with Crippen LogP contribution in [0.5, 0.6) is 0 Å². The number of piperidine rings is 1. The molecule has 2 aliphatic heterocycles. The third-order valence-corrected chi connectivity index (χ3v) is 2.83. The lowest BCUT2D eigenvalue weighted by Gasteiger charge is -2.30. The van der Waals surface area contributed by atoms with Gasteiger partial charge in [-0.15, -0.1) is 0 Å². The average molecular weight is 171 g/mol. The maximum atomic E-state index is 8.93. The summed E-state index contributed by atoms with van der Waals surface area (Å²) in [6.07, 6.45) is 2.84.